The van der Waals surface area contributed by atoms with Crippen LogP contribution < -0.4 is 5.32 Å². The third-order valence-corrected chi connectivity index (χ3v) is 3.00. The maximum Gasteiger partial charge on any atom is 0.377 e. The van der Waals surface area contributed by atoms with E-state index in [9.17, 15) is 4.79 Å². The van der Waals surface area contributed by atoms with Crippen LogP contribution in [-0.2, 0) is 4.74 Å². The minimum atomic E-state index is -0.541. The second kappa shape index (κ2) is 6.29. The number of esters is 1. The normalized spacial score (nSPS) is 12.2. The van der Waals surface area contributed by atoms with Crippen LogP contribution in [0.25, 0.3) is 5.69 Å². The minimum absolute atomic E-state index is 0.0534. The van der Waals surface area contributed by atoms with Crippen LogP contribution in [0.3, 0.4) is 0 Å². The number of aromatic nitrogens is 3. The number of carbonyl (C=O) groups is 1. The Morgan fingerprint density at radius 3 is 3.00 bits per heavy atom. The number of rotatable bonds is 5. The molecular formula is C14H18N4O2. The Bertz CT molecular complexity index is 594. The van der Waals surface area contributed by atoms with Gasteiger partial charge in [0.15, 0.2) is 0 Å². The summed E-state index contributed by atoms with van der Waals surface area (Å²) in [7, 11) is 1.31. The van der Waals surface area contributed by atoms with Crippen LogP contribution in [0.4, 0.5) is 0 Å². The predicted octanol–water partition coefficient (Wildman–Crippen LogP) is 1.72. The van der Waals surface area contributed by atoms with Gasteiger partial charge in [-0.25, -0.2) is 14.5 Å². The molecule has 0 amide bonds. The minimum Gasteiger partial charge on any atom is -0.463 e. The lowest BCUT2D eigenvalue weighted by atomic mass is 10.1. The average Bonchev–Trinajstić information content (AvgIpc) is 2.96. The zero-order valence-corrected chi connectivity index (χ0v) is 11.8. The summed E-state index contributed by atoms with van der Waals surface area (Å²) in [4.78, 5) is 15.3. The van der Waals surface area contributed by atoms with Crippen LogP contribution in [0.1, 0.15) is 36.1 Å². The molecule has 1 unspecified atom stereocenters. The summed E-state index contributed by atoms with van der Waals surface area (Å²) in [5.74, 6) is -0.487. The van der Waals surface area contributed by atoms with Crippen molar-refractivity contribution < 1.29 is 9.53 Å². The van der Waals surface area contributed by atoms with Crippen molar-refractivity contribution >= 4 is 5.97 Å². The van der Waals surface area contributed by atoms with E-state index in [0.29, 0.717) is 0 Å². The summed E-state index contributed by atoms with van der Waals surface area (Å²) >= 11 is 0. The zero-order valence-electron chi connectivity index (χ0n) is 11.8. The monoisotopic (exact) mass is 274 g/mol. The molecule has 0 aliphatic heterocycles. The molecule has 2 rings (SSSR count). The molecule has 20 heavy (non-hydrogen) atoms. The molecule has 1 aromatic carbocycles. The third-order valence-electron chi connectivity index (χ3n) is 3.00. The second-order valence-electron chi connectivity index (χ2n) is 4.38. The Kier molecular flexibility index (Phi) is 4.47. The SMILES string of the molecule is CCNC(C)c1cccc(-n2cnc(C(=O)OC)n2)c1. The zero-order chi connectivity index (χ0) is 14.5. The van der Waals surface area contributed by atoms with Crippen LogP contribution in [0.2, 0.25) is 0 Å². The molecule has 0 fully saturated rings. The largest absolute Gasteiger partial charge is 0.463 e. The third kappa shape index (κ3) is 3.03. The first-order valence-corrected chi connectivity index (χ1v) is 6.49. The van der Waals surface area contributed by atoms with Gasteiger partial charge in [0.1, 0.15) is 6.33 Å². The standard InChI is InChI=1S/C14H18N4O2/c1-4-15-10(2)11-6-5-7-12(8-11)18-9-16-13(17-18)14(19)20-3/h5-10,15H,4H2,1-3H3. The van der Waals surface area contributed by atoms with Gasteiger partial charge in [-0.3, -0.25) is 0 Å². The van der Waals surface area contributed by atoms with Gasteiger partial charge < -0.3 is 10.1 Å². The molecule has 1 aromatic heterocycles. The van der Waals surface area contributed by atoms with Crippen molar-refractivity contribution in [3.63, 3.8) is 0 Å². The van der Waals surface area contributed by atoms with E-state index >= 15 is 0 Å². The Morgan fingerprint density at radius 1 is 1.50 bits per heavy atom. The van der Waals surface area contributed by atoms with Gasteiger partial charge in [-0.2, -0.15) is 0 Å². The van der Waals surface area contributed by atoms with Crippen molar-refractivity contribution in [1.29, 1.82) is 0 Å². The lowest BCUT2D eigenvalue weighted by Gasteiger charge is -2.13. The molecule has 0 spiro atoms. The topological polar surface area (TPSA) is 69.0 Å². The van der Waals surface area contributed by atoms with Crippen LogP contribution in [0, 0.1) is 0 Å². The molecule has 6 nitrogen and oxygen atoms in total. The first kappa shape index (κ1) is 14.2. The van der Waals surface area contributed by atoms with E-state index in [1.807, 2.05) is 18.2 Å². The number of hydrogen-bond acceptors (Lipinski definition) is 5. The van der Waals surface area contributed by atoms with Gasteiger partial charge in [-0.05, 0) is 31.2 Å². The Morgan fingerprint density at radius 2 is 2.30 bits per heavy atom. The molecule has 0 bridgehead atoms. The van der Waals surface area contributed by atoms with E-state index in [0.717, 1.165) is 17.8 Å². The fraction of sp³-hybridized carbons (Fsp3) is 0.357. The fourth-order valence-corrected chi connectivity index (χ4v) is 1.93. The van der Waals surface area contributed by atoms with Gasteiger partial charge in [0, 0.05) is 6.04 Å². The van der Waals surface area contributed by atoms with Gasteiger partial charge in [0.25, 0.3) is 5.82 Å². The fourth-order valence-electron chi connectivity index (χ4n) is 1.93. The van der Waals surface area contributed by atoms with E-state index in [1.165, 1.54) is 13.4 Å². The predicted molar refractivity (Wildman–Crippen MR) is 74.8 cm³/mol. The van der Waals surface area contributed by atoms with Crippen LogP contribution in [0.15, 0.2) is 30.6 Å². The van der Waals surface area contributed by atoms with E-state index in [-0.39, 0.29) is 11.9 Å². The van der Waals surface area contributed by atoms with Crippen LogP contribution in [0.5, 0.6) is 0 Å². The molecular weight excluding hydrogens is 256 g/mol. The van der Waals surface area contributed by atoms with Crippen molar-refractivity contribution in [2.75, 3.05) is 13.7 Å². The number of carbonyl (C=O) groups excluding carboxylic acids is 1. The Hall–Kier alpha value is -2.21. The van der Waals surface area contributed by atoms with Gasteiger partial charge in [-0.15, -0.1) is 5.10 Å². The molecule has 0 saturated carbocycles. The molecule has 1 N–H and O–H groups in total. The molecule has 0 saturated heterocycles. The van der Waals surface area contributed by atoms with Gasteiger partial charge in [-0.1, -0.05) is 19.1 Å². The number of ether oxygens (including phenoxy) is 1. The molecule has 2 aromatic rings. The summed E-state index contributed by atoms with van der Waals surface area (Å²) < 4.78 is 6.16. The number of benzene rings is 1. The van der Waals surface area contributed by atoms with Gasteiger partial charge in [0.05, 0.1) is 12.8 Å². The summed E-state index contributed by atoms with van der Waals surface area (Å²) in [6.07, 6.45) is 1.50. The number of methoxy groups -OCH3 is 1. The number of nitrogens with one attached hydrogen (secondary N) is 1. The van der Waals surface area contributed by atoms with Crippen LogP contribution >= 0.6 is 0 Å². The van der Waals surface area contributed by atoms with Crippen molar-refractivity contribution in [3.8, 4) is 5.69 Å². The molecule has 0 aliphatic rings. The lowest BCUT2D eigenvalue weighted by Crippen LogP contribution is -2.17. The summed E-state index contributed by atoms with van der Waals surface area (Å²) in [6.45, 7) is 5.07. The van der Waals surface area contributed by atoms with Crippen molar-refractivity contribution in [1.82, 2.24) is 20.1 Å². The second-order valence-corrected chi connectivity index (χ2v) is 4.38. The van der Waals surface area contributed by atoms with Gasteiger partial charge in [0.2, 0.25) is 0 Å². The smallest absolute Gasteiger partial charge is 0.377 e. The highest BCUT2D eigenvalue weighted by Gasteiger charge is 2.12. The lowest BCUT2D eigenvalue weighted by molar-refractivity contribution is 0.0587. The quantitative estimate of drug-likeness (QED) is 0.841. The highest BCUT2D eigenvalue weighted by atomic mass is 16.5. The van der Waals surface area contributed by atoms with Crippen LogP contribution in [-0.4, -0.2) is 34.4 Å². The van der Waals surface area contributed by atoms with E-state index in [4.69, 9.17) is 0 Å². The Balaban J connectivity index is 2.26. The molecule has 1 heterocycles. The maximum atomic E-state index is 11.3. The van der Waals surface area contributed by atoms with E-state index in [1.54, 1.807) is 4.68 Å². The number of nitrogens with zero attached hydrogens (tertiary/aromatic N) is 3. The van der Waals surface area contributed by atoms with Crippen molar-refractivity contribution in [3.05, 3.63) is 42.0 Å². The van der Waals surface area contributed by atoms with Crippen molar-refractivity contribution in [2.24, 2.45) is 0 Å². The molecule has 0 radical (unpaired) electrons. The van der Waals surface area contributed by atoms with Gasteiger partial charge >= 0.3 is 5.97 Å². The first-order chi connectivity index (χ1) is 9.65. The van der Waals surface area contributed by atoms with E-state index in [2.05, 4.69) is 40.1 Å². The highest BCUT2D eigenvalue weighted by Crippen LogP contribution is 2.16. The molecule has 6 heteroatoms. The van der Waals surface area contributed by atoms with E-state index < -0.39 is 5.97 Å². The number of hydrogen-bond donors (Lipinski definition) is 1. The average molecular weight is 274 g/mol. The first-order valence-electron chi connectivity index (χ1n) is 6.49. The summed E-state index contributed by atoms with van der Waals surface area (Å²) in [6, 6.07) is 8.19. The highest BCUT2D eigenvalue weighted by molar-refractivity contribution is 5.84. The molecule has 0 aliphatic carbocycles. The summed E-state index contributed by atoms with van der Waals surface area (Å²) in [5, 5.41) is 7.46. The molecule has 106 valence electrons. The molecule has 1 atom stereocenters. The van der Waals surface area contributed by atoms with Crippen molar-refractivity contribution in [2.45, 2.75) is 19.9 Å². The maximum absolute atomic E-state index is 11.3. The Labute approximate surface area is 117 Å². The summed E-state index contributed by atoms with van der Waals surface area (Å²) in [5.41, 5.74) is 2.01.